The summed E-state index contributed by atoms with van der Waals surface area (Å²) in [5, 5.41) is 0. The van der Waals surface area contributed by atoms with E-state index in [1.807, 2.05) is 0 Å². The van der Waals surface area contributed by atoms with Gasteiger partial charge < -0.3 is 14.9 Å². The molecule has 0 saturated carbocycles. The fourth-order valence-electron chi connectivity index (χ4n) is 2.11. The summed E-state index contributed by atoms with van der Waals surface area (Å²) in [6.07, 6.45) is 0. The van der Waals surface area contributed by atoms with E-state index in [9.17, 15) is 4.79 Å². The zero-order chi connectivity index (χ0) is 15.0. The molecule has 2 heterocycles. The molecule has 0 amide bonds. The number of methoxy groups -OCH3 is 1. The van der Waals surface area contributed by atoms with E-state index >= 15 is 0 Å². The topological polar surface area (TPSA) is 96.2 Å². The number of oxazole rings is 1. The van der Waals surface area contributed by atoms with Gasteiger partial charge in [0.1, 0.15) is 12.1 Å². The van der Waals surface area contributed by atoms with Crippen LogP contribution in [0.1, 0.15) is 11.6 Å². The number of ether oxygens (including phenoxy) is 1. The molecule has 0 unspecified atom stereocenters. The van der Waals surface area contributed by atoms with Crippen LogP contribution in [0, 0.1) is 6.92 Å². The molecule has 0 radical (unpaired) electrons. The SMILES string of the molecule is COc1nc(C)cc(=O)n1Cc1nc2c(N)cccc2o1. The highest BCUT2D eigenvalue weighted by atomic mass is 16.5. The standard InChI is InChI=1S/C14H14N4O3/c1-8-6-12(19)18(14(16-8)20-2)7-11-17-13-9(15)4-3-5-10(13)21-11/h3-6H,7,15H2,1-2H3. The number of nitrogen functional groups attached to an aromatic ring is 1. The average molecular weight is 286 g/mol. The molecule has 0 aliphatic heterocycles. The molecule has 0 aliphatic rings. The van der Waals surface area contributed by atoms with Crippen molar-refractivity contribution in [3.05, 3.63) is 46.2 Å². The molecule has 3 aromatic rings. The van der Waals surface area contributed by atoms with Crippen LogP contribution >= 0.6 is 0 Å². The molecule has 0 saturated heterocycles. The van der Waals surface area contributed by atoms with Gasteiger partial charge in [0.05, 0.1) is 12.8 Å². The van der Waals surface area contributed by atoms with Crippen LogP contribution in [0.4, 0.5) is 5.69 Å². The van der Waals surface area contributed by atoms with E-state index in [4.69, 9.17) is 14.9 Å². The first kappa shape index (κ1) is 13.2. The van der Waals surface area contributed by atoms with Crippen molar-refractivity contribution in [2.45, 2.75) is 13.5 Å². The van der Waals surface area contributed by atoms with Crippen molar-refractivity contribution in [3.8, 4) is 6.01 Å². The molecule has 108 valence electrons. The Morgan fingerprint density at radius 3 is 2.90 bits per heavy atom. The van der Waals surface area contributed by atoms with Gasteiger partial charge in [0.15, 0.2) is 5.58 Å². The van der Waals surface area contributed by atoms with E-state index in [0.29, 0.717) is 28.4 Å². The Morgan fingerprint density at radius 2 is 2.19 bits per heavy atom. The third-order valence-electron chi connectivity index (χ3n) is 3.07. The summed E-state index contributed by atoms with van der Waals surface area (Å²) in [5.41, 5.74) is 7.90. The number of anilines is 1. The molecule has 0 bridgehead atoms. The second-order valence-corrected chi connectivity index (χ2v) is 4.61. The van der Waals surface area contributed by atoms with Crippen LogP contribution < -0.4 is 16.0 Å². The molecule has 1 aromatic carbocycles. The highest BCUT2D eigenvalue weighted by Crippen LogP contribution is 2.21. The van der Waals surface area contributed by atoms with Crippen LogP contribution in [0.25, 0.3) is 11.1 Å². The highest BCUT2D eigenvalue weighted by molar-refractivity contribution is 5.85. The average Bonchev–Trinajstić information content (AvgIpc) is 2.85. The Hall–Kier alpha value is -2.83. The maximum atomic E-state index is 12.1. The van der Waals surface area contributed by atoms with E-state index < -0.39 is 0 Å². The quantitative estimate of drug-likeness (QED) is 0.730. The molecule has 0 spiro atoms. The van der Waals surface area contributed by atoms with Gasteiger partial charge in [-0.2, -0.15) is 0 Å². The van der Waals surface area contributed by atoms with Crippen molar-refractivity contribution < 1.29 is 9.15 Å². The Balaban J connectivity index is 2.06. The molecular formula is C14H14N4O3. The van der Waals surface area contributed by atoms with Gasteiger partial charge >= 0.3 is 0 Å². The second kappa shape index (κ2) is 4.93. The minimum atomic E-state index is -0.227. The molecule has 21 heavy (non-hydrogen) atoms. The minimum Gasteiger partial charge on any atom is -0.468 e. The van der Waals surface area contributed by atoms with Crippen molar-refractivity contribution in [1.29, 1.82) is 0 Å². The number of hydrogen-bond donors (Lipinski definition) is 1. The van der Waals surface area contributed by atoms with Gasteiger partial charge in [-0.15, -0.1) is 0 Å². The maximum Gasteiger partial charge on any atom is 0.299 e. The van der Waals surface area contributed by atoms with Gasteiger partial charge in [-0.05, 0) is 19.1 Å². The molecule has 7 nitrogen and oxygen atoms in total. The number of hydrogen-bond acceptors (Lipinski definition) is 6. The van der Waals surface area contributed by atoms with Crippen LogP contribution in [0.3, 0.4) is 0 Å². The lowest BCUT2D eigenvalue weighted by Crippen LogP contribution is -2.23. The largest absolute Gasteiger partial charge is 0.468 e. The van der Waals surface area contributed by atoms with Crippen molar-refractivity contribution >= 4 is 16.8 Å². The molecule has 3 rings (SSSR count). The summed E-state index contributed by atoms with van der Waals surface area (Å²) in [6, 6.07) is 6.95. The zero-order valence-electron chi connectivity index (χ0n) is 11.7. The first-order valence-corrected chi connectivity index (χ1v) is 6.35. The summed E-state index contributed by atoms with van der Waals surface area (Å²) in [4.78, 5) is 20.5. The smallest absolute Gasteiger partial charge is 0.299 e. The monoisotopic (exact) mass is 286 g/mol. The fraction of sp³-hybridized carbons (Fsp3) is 0.214. The van der Waals surface area contributed by atoms with Crippen LogP contribution in [-0.2, 0) is 6.54 Å². The summed E-state index contributed by atoms with van der Waals surface area (Å²) < 4.78 is 12.1. The van der Waals surface area contributed by atoms with Crippen molar-refractivity contribution in [1.82, 2.24) is 14.5 Å². The maximum absolute atomic E-state index is 12.1. The lowest BCUT2D eigenvalue weighted by atomic mass is 10.3. The fourth-order valence-corrected chi connectivity index (χ4v) is 2.11. The van der Waals surface area contributed by atoms with Crippen molar-refractivity contribution in [2.75, 3.05) is 12.8 Å². The summed E-state index contributed by atoms with van der Waals surface area (Å²) >= 11 is 0. The molecule has 2 aromatic heterocycles. The number of benzene rings is 1. The van der Waals surface area contributed by atoms with E-state index in [1.54, 1.807) is 25.1 Å². The van der Waals surface area contributed by atoms with Crippen LogP contribution in [0.2, 0.25) is 0 Å². The highest BCUT2D eigenvalue weighted by Gasteiger charge is 2.13. The molecule has 0 aliphatic carbocycles. The third kappa shape index (κ3) is 2.33. The van der Waals surface area contributed by atoms with Crippen LogP contribution in [-0.4, -0.2) is 21.6 Å². The van der Waals surface area contributed by atoms with Gasteiger partial charge in [0.25, 0.3) is 11.6 Å². The number of para-hydroxylation sites is 1. The predicted octanol–water partition coefficient (Wildman–Crippen LogP) is 1.33. The van der Waals surface area contributed by atoms with Crippen molar-refractivity contribution in [3.63, 3.8) is 0 Å². The van der Waals surface area contributed by atoms with E-state index in [1.165, 1.54) is 17.7 Å². The molecule has 2 N–H and O–H groups in total. The Bertz CT molecular complexity index is 866. The number of aromatic nitrogens is 3. The number of nitrogens with zero attached hydrogens (tertiary/aromatic N) is 3. The lowest BCUT2D eigenvalue weighted by Gasteiger charge is -2.08. The Labute approximate surface area is 120 Å². The van der Waals surface area contributed by atoms with Gasteiger partial charge in [-0.3, -0.25) is 9.36 Å². The van der Waals surface area contributed by atoms with Crippen LogP contribution in [0.15, 0.2) is 33.5 Å². The van der Waals surface area contributed by atoms with E-state index in [0.717, 1.165) is 0 Å². The first-order valence-electron chi connectivity index (χ1n) is 6.35. The van der Waals surface area contributed by atoms with Crippen LogP contribution in [0.5, 0.6) is 6.01 Å². The second-order valence-electron chi connectivity index (χ2n) is 4.61. The Kier molecular flexibility index (Phi) is 3.09. The molecular weight excluding hydrogens is 272 g/mol. The van der Waals surface area contributed by atoms with Gasteiger partial charge in [-0.25, -0.2) is 9.97 Å². The third-order valence-corrected chi connectivity index (χ3v) is 3.07. The van der Waals surface area contributed by atoms with Gasteiger partial charge in [0.2, 0.25) is 5.89 Å². The van der Waals surface area contributed by atoms with Gasteiger partial charge in [0, 0.05) is 11.8 Å². The number of fused-ring (bicyclic) bond motifs is 1. The summed E-state index contributed by atoms with van der Waals surface area (Å²) in [7, 11) is 1.46. The Morgan fingerprint density at radius 1 is 1.38 bits per heavy atom. The number of nitrogens with two attached hydrogens (primary N) is 1. The number of rotatable bonds is 3. The normalized spacial score (nSPS) is 11.0. The minimum absolute atomic E-state index is 0.128. The lowest BCUT2D eigenvalue weighted by molar-refractivity contribution is 0.342. The number of aryl methyl sites for hydroxylation is 1. The molecule has 0 atom stereocenters. The van der Waals surface area contributed by atoms with E-state index in [2.05, 4.69) is 9.97 Å². The predicted molar refractivity (Wildman–Crippen MR) is 77.3 cm³/mol. The summed E-state index contributed by atoms with van der Waals surface area (Å²) in [6.45, 7) is 1.86. The van der Waals surface area contributed by atoms with E-state index in [-0.39, 0.29) is 18.1 Å². The summed E-state index contributed by atoms with van der Waals surface area (Å²) in [5.74, 6) is 0.369. The molecule has 7 heteroatoms. The van der Waals surface area contributed by atoms with Gasteiger partial charge in [-0.1, -0.05) is 6.07 Å². The van der Waals surface area contributed by atoms with Crippen molar-refractivity contribution in [2.24, 2.45) is 0 Å². The zero-order valence-corrected chi connectivity index (χ0v) is 11.7. The first-order chi connectivity index (χ1) is 10.1. The molecule has 0 fully saturated rings.